The van der Waals surface area contributed by atoms with E-state index in [4.69, 9.17) is 9.84 Å². The third-order valence-electron chi connectivity index (χ3n) is 3.59. The minimum absolute atomic E-state index is 0.170. The van der Waals surface area contributed by atoms with Crippen LogP contribution in [-0.4, -0.2) is 18.2 Å². The van der Waals surface area contributed by atoms with Crippen LogP contribution in [0.3, 0.4) is 0 Å². The number of carbonyl (C=O) groups is 1. The first-order chi connectivity index (χ1) is 10.6. The van der Waals surface area contributed by atoms with Gasteiger partial charge in [0.25, 0.3) is 0 Å². The number of aromatic carboxylic acids is 1. The van der Waals surface area contributed by atoms with Gasteiger partial charge in [-0.15, -0.1) is 0 Å². The monoisotopic (exact) mass is 296 g/mol. The lowest BCUT2D eigenvalue weighted by Crippen LogP contribution is -1.96. The summed E-state index contributed by atoms with van der Waals surface area (Å²) in [6.45, 7) is 0. The van der Waals surface area contributed by atoms with Crippen LogP contribution in [-0.2, 0) is 0 Å². The van der Waals surface area contributed by atoms with Crippen LogP contribution in [0.25, 0.3) is 21.9 Å². The minimum Gasteiger partial charge on any atom is -0.497 e. The average molecular weight is 296 g/mol. The van der Waals surface area contributed by atoms with Gasteiger partial charge >= 0.3 is 5.97 Å². The Bertz CT molecular complexity index is 871. The molecule has 3 aromatic rings. The van der Waals surface area contributed by atoms with Crippen LogP contribution >= 0.6 is 0 Å². The molecular formula is C18H13FO3. The predicted octanol–water partition coefficient (Wildman–Crippen LogP) is 4.35. The topological polar surface area (TPSA) is 46.5 Å². The fourth-order valence-corrected chi connectivity index (χ4v) is 2.48. The molecule has 0 unspecified atom stereocenters. The van der Waals surface area contributed by atoms with E-state index >= 15 is 0 Å². The third-order valence-corrected chi connectivity index (χ3v) is 3.59. The zero-order valence-electron chi connectivity index (χ0n) is 11.8. The second-order valence-corrected chi connectivity index (χ2v) is 4.89. The second-order valence-electron chi connectivity index (χ2n) is 4.89. The zero-order valence-corrected chi connectivity index (χ0v) is 11.8. The van der Waals surface area contributed by atoms with Crippen LogP contribution in [0.1, 0.15) is 10.4 Å². The molecule has 1 N–H and O–H groups in total. The average Bonchev–Trinajstić information content (AvgIpc) is 2.54. The molecule has 0 aromatic heterocycles. The van der Waals surface area contributed by atoms with Crippen molar-refractivity contribution in [2.24, 2.45) is 0 Å². The van der Waals surface area contributed by atoms with Crippen molar-refractivity contribution in [3.8, 4) is 16.9 Å². The van der Waals surface area contributed by atoms with Gasteiger partial charge in [0.05, 0.1) is 12.7 Å². The summed E-state index contributed by atoms with van der Waals surface area (Å²) in [5.41, 5.74) is 1.19. The van der Waals surface area contributed by atoms with E-state index in [2.05, 4.69) is 0 Å². The Balaban J connectivity index is 2.30. The van der Waals surface area contributed by atoms with Crippen LogP contribution in [0, 0.1) is 5.82 Å². The number of halogens is 1. The van der Waals surface area contributed by atoms with Gasteiger partial charge in [-0.3, -0.25) is 0 Å². The van der Waals surface area contributed by atoms with Crippen LogP contribution in [0.5, 0.6) is 5.75 Å². The molecule has 0 radical (unpaired) electrons. The van der Waals surface area contributed by atoms with Gasteiger partial charge in [0.15, 0.2) is 0 Å². The number of carboxylic acid groups (broad SMARTS) is 1. The maximum Gasteiger partial charge on any atom is 0.335 e. The van der Waals surface area contributed by atoms with E-state index in [9.17, 15) is 9.18 Å². The molecule has 0 aliphatic rings. The summed E-state index contributed by atoms with van der Waals surface area (Å²) in [7, 11) is 1.52. The first kappa shape index (κ1) is 14.1. The minimum atomic E-state index is -1.01. The number of ether oxygens (including phenoxy) is 1. The van der Waals surface area contributed by atoms with Crippen molar-refractivity contribution in [1.29, 1.82) is 0 Å². The van der Waals surface area contributed by atoms with Crippen LogP contribution < -0.4 is 4.74 Å². The highest BCUT2D eigenvalue weighted by Gasteiger charge is 2.12. The van der Waals surface area contributed by atoms with Gasteiger partial charge in [0.2, 0.25) is 0 Å². The van der Waals surface area contributed by atoms with Gasteiger partial charge in [0.1, 0.15) is 11.6 Å². The van der Waals surface area contributed by atoms with Crippen molar-refractivity contribution < 1.29 is 19.0 Å². The second kappa shape index (κ2) is 5.48. The summed E-state index contributed by atoms with van der Waals surface area (Å²) in [6, 6.07) is 14.8. The SMILES string of the molecule is COc1ccc(F)c(-c2cccc3ccc(C(=O)O)cc23)c1. The van der Waals surface area contributed by atoms with Gasteiger partial charge < -0.3 is 9.84 Å². The largest absolute Gasteiger partial charge is 0.497 e. The Morgan fingerprint density at radius 3 is 2.59 bits per heavy atom. The molecule has 0 aliphatic heterocycles. The van der Waals surface area contributed by atoms with Crippen LogP contribution in [0.15, 0.2) is 54.6 Å². The Morgan fingerprint density at radius 1 is 1.05 bits per heavy atom. The Hall–Kier alpha value is -2.88. The van der Waals surface area contributed by atoms with E-state index in [-0.39, 0.29) is 11.4 Å². The highest BCUT2D eigenvalue weighted by atomic mass is 19.1. The van der Waals surface area contributed by atoms with Crippen molar-refractivity contribution in [2.45, 2.75) is 0 Å². The molecule has 0 amide bonds. The maximum absolute atomic E-state index is 14.2. The highest BCUT2D eigenvalue weighted by Crippen LogP contribution is 2.33. The van der Waals surface area contributed by atoms with E-state index in [1.807, 2.05) is 12.1 Å². The van der Waals surface area contributed by atoms with Crippen molar-refractivity contribution >= 4 is 16.7 Å². The molecule has 3 rings (SSSR count). The molecule has 0 saturated carbocycles. The standard InChI is InChI=1S/C18H13FO3/c1-22-13-7-8-17(19)16(10-13)14-4-2-3-11-5-6-12(18(20)21)9-15(11)14/h2-10H,1H3,(H,20,21). The molecule has 110 valence electrons. The Labute approximate surface area is 126 Å². The summed E-state index contributed by atoms with van der Waals surface area (Å²) in [5, 5.41) is 10.7. The quantitative estimate of drug-likeness (QED) is 0.781. The summed E-state index contributed by atoms with van der Waals surface area (Å²) in [4.78, 5) is 11.2. The number of fused-ring (bicyclic) bond motifs is 1. The summed E-state index contributed by atoms with van der Waals surface area (Å²) >= 11 is 0. The van der Waals surface area contributed by atoms with Gasteiger partial charge in [-0.2, -0.15) is 0 Å². The van der Waals surface area contributed by atoms with E-state index in [1.165, 1.54) is 19.2 Å². The van der Waals surface area contributed by atoms with Gasteiger partial charge in [0, 0.05) is 5.56 Å². The molecule has 0 fully saturated rings. The van der Waals surface area contributed by atoms with Gasteiger partial charge in [-0.25, -0.2) is 9.18 Å². The predicted molar refractivity (Wildman–Crippen MR) is 82.9 cm³/mol. The molecule has 22 heavy (non-hydrogen) atoms. The summed E-state index contributed by atoms with van der Waals surface area (Å²) < 4.78 is 19.4. The van der Waals surface area contributed by atoms with Crippen LogP contribution in [0.4, 0.5) is 4.39 Å². The number of benzene rings is 3. The normalized spacial score (nSPS) is 10.6. The number of carboxylic acids is 1. The van der Waals surface area contributed by atoms with E-state index in [0.717, 1.165) is 5.39 Å². The molecule has 0 atom stereocenters. The molecule has 4 heteroatoms. The van der Waals surface area contributed by atoms with Crippen molar-refractivity contribution in [3.05, 3.63) is 66.0 Å². The molecule has 3 nitrogen and oxygen atoms in total. The summed E-state index contributed by atoms with van der Waals surface area (Å²) in [5.74, 6) is -0.848. The van der Waals surface area contributed by atoms with Crippen molar-refractivity contribution in [2.75, 3.05) is 7.11 Å². The lowest BCUT2D eigenvalue weighted by atomic mass is 9.96. The van der Waals surface area contributed by atoms with Gasteiger partial charge in [-0.1, -0.05) is 24.3 Å². The fraction of sp³-hybridized carbons (Fsp3) is 0.0556. The Kier molecular flexibility index (Phi) is 3.51. The highest BCUT2D eigenvalue weighted by molar-refractivity contribution is 6.01. The molecule has 0 heterocycles. The third kappa shape index (κ3) is 2.39. The van der Waals surface area contributed by atoms with Crippen LogP contribution in [0.2, 0.25) is 0 Å². The smallest absolute Gasteiger partial charge is 0.335 e. The molecule has 0 bridgehead atoms. The molecular weight excluding hydrogens is 283 g/mol. The number of rotatable bonds is 3. The first-order valence-electron chi connectivity index (χ1n) is 6.70. The fourth-order valence-electron chi connectivity index (χ4n) is 2.48. The van der Waals surface area contributed by atoms with Crippen molar-refractivity contribution in [1.82, 2.24) is 0 Å². The zero-order chi connectivity index (χ0) is 15.7. The van der Waals surface area contributed by atoms with E-state index in [0.29, 0.717) is 22.3 Å². The molecule has 0 saturated heterocycles. The molecule has 0 aliphatic carbocycles. The lowest BCUT2D eigenvalue weighted by molar-refractivity contribution is 0.0697. The van der Waals surface area contributed by atoms with Gasteiger partial charge in [-0.05, 0) is 46.7 Å². The maximum atomic E-state index is 14.2. The van der Waals surface area contributed by atoms with E-state index in [1.54, 1.807) is 30.3 Å². The number of hydrogen-bond acceptors (Lipinski definition) is 2. The number of methoxy groups -OCH3 is 1. The van der Waals surface area contributed by atoms with E-state index < -0.39 is 5.97 Å². The molecule has 0 spiro atoms. The summed E-state index contributed by atoms with van der Waals surface area (Å²) in [6.07, 6.45) is 0. The lowest BCUT2D eigenvalue weighted by Gasteiger charge is -2.10. The molecule has 3 aromatic carbocycles. The number of hydrogen-bond donors (Lipinski definition) is 1. The Morgan fingerprint density at radius 2 is 1.86 bits per heavy atom. The van der Waals surface area contributed by atoms with Crippen molar-refractivity contribution in [3.63, 3.8) is 0 Å². The first-order valence-corrected chi connectivity index (χ1v) is 6.70.